The lowest BCUT2D eigenvalue weighted by Gasteiger charge is -2.06. The van der Waals surface area contributed by atoms with Crippen molar-refractivity contribution in [2.45, 2.75) is 6.42 Å². The second-order valence-electron chi connectivity index (χ2n) is 4.00. The van der Waals surface area contributed by atoms with Crippen LogP contribution in [0.2, 0.25) is 0 Å². The van der Waals surface area contributed by atoms with Crippen molar-refractivity contribution in [2.75, 3.05) is 13.6 Å². The third-order valence-electron chi connectivity index (χ3n) is 2.80. The minimum Gasteiger partial charge on any atom is -0.331 e. The lowest BCUT2D eigenvalue weighted by Crippen LogP contribution is -2.12. The molecule has 0 bridgehead atoms. The first-order valence-electron chi connectivity index (χ1n) is 5.63. The van der Waals surface area contributed by atoms with E-state index in [-0.39, 0.29) is 0 Å². The van der Waals surface area contributed by atoms with Crippen molar-refractivity contribution in [3.63, 3.8) is 0 Å². The summed E-state index contributed by atoms with van der Waals surface area (Å²) in [5.74, 6) is 1.01. The molecule has 0 aliphatic carbocycles. The van der Waals surface area contributed by atoms with Gasteiger partial charge in [-0.2, -0.15) is 0 Å². The molecule has 3 nitrogen and oxygen atoms in total. The quantitative estimate of drug-likeness (QED) is 0.939. The number of hydrogen-bond donors (Lipinski definition) is 1. The molecule has 0 fully saturated rings. The molecule has 1 N–H and O–H groups in total. The van der Waals surface area contributed by atoms with E-state index in [2.05, 4.69) is 50.0 Å². The number of benzene rings is 1. The van der Waals surface area contributed by atoms with Crippen molar-refractivity contribution in [2.24, 2.45) is 7.05 Å². The Morgan fingerprint density at radius 1 is 1.41 bits per heavy atom. The van der Waals surface area contributed by atoms with Gasteiger partial charge in [0.15, 0.2) is 0 Å². The van der Waals surface area contributed by atoms with Gasteiger partial charge in [0.05, 0.1) is 0 Å². The summed E-state index contributed by atoms with van der Waals surface area (Å²) in [4.78, 5) is 4.49. The van der Waals surface area contributed by atoms with Gasteiger partial charge >= 0.3 is 0 Å². The molecule has 0 amide bonds. The third kappa shape index (κ3) is 2.76. The van der Waals surface area contributed by atoms with Crippen molar-refractivity contribution in [3.8, 4) is 11.4 Å². The summed E-state index contributed by atoms with van der Waals surface area (Å²) >= 11 is 3.49. The smallest absolute Gasteiger partial charge is 0.139 e. The highest BCUT2D eigenvalue weighted by Crippen LogP contribution is 2.22. The van der Waals surface area contributed by atoms with Crippen LogP contribution in [0.15, 0.2) is 34.9 Å². The van der Waals surface area contributed by atoms with Crippen LogP contribution >= 0.6 is 15.9 Å². The van der Waals surface area contributed by atoms with E-state index in [1.54, 1.807) is 0 Å². The van der Waals surface area contributed by atoms with Gasteiger partial charge < -0.3 is 9.88 Å². The number of hydrogen-bond acceptors (Lipinski definition) is 2. The first-order valence-corrected chi connectivity index (χ1v) is 6.43. The van der Waals surface area contributed by atoms with Gasteiger partial charge in [-0.1, -0.05) is 28.1 Å². The highest BCUT2D eigenvalue weighted by atomic mass is 79.9. The Balaban J connectivity index is 2.30. The highest BCUT2D eigenvalue weighted by molar-refractivity contribution is 9.10. The molecular weight excluding hydrogens is 278 g/mol. The zero-order chi connectivity index (χ0) is 12.3. The molecule has 4 heteroatoms. The van der Waals surface area contributed by atoms with Crippen LogP contribution in [-0.4, -0.2) is 23.1 Å². The zero-order valence-electron chi connectivity index (χ0n) is 10.1. The van der Waals surface area contributed by atoms with Gasteiger partial charge in [-0.3, -0.25) is 0 Å². The van der Waals surface area contributed by atoms with Gasteiger partial charge in [-0.25, -0.2) is 4.98 Å². The topological polar surface area (TPSA) is 29.9 Å². The summed E-state index contributed by atoms with van der Waals surface area (Å²) in [6.45, 7) is 0.970. The molecule has 0 spiro atoms. The van der Waals surface area contributed by atoms with Crippen molar-refractivity contribution in [3.05, 3.63) is 40.6 Å². The van der Waals surface area contributed by atoms with Crippen LogP contribution in [0.3, 0.4) is 0 Å². The summed E-state index contributed by atoms with van der Waals surface area (Å²) < 4.78 is 3.23. The number of nitrogens with zero attached hydrogens (tertiary/aromatic N) is 2. The fourth-order valence-corrected chi connectivity index (χ4v) is 2.23. The lowest BCUT2D eigenvalue weighted by molar-refractivity contribution is 0.740. The van der Waals surface area contributed by atoms with E-state index in [0.717, 1.165) is 28.8 Å². The Morgan fingerprint density at radius 3 is 2.94 bits per heavy atom. The molecule has 0 aliphatic heterocycles. The van der Waals surface area contributed by atoms with Crippen LogP contribution in [0.5, 0.6) is 0 Å². The number of likely N-dealkylation sites (N-methyl/N-ethyl adjacent to an activating group) is 1. The third-order valence-corrected chi connectivity index (χ3v) is 3.29. The summed E-state index contributed by atoms with van der Waals surface area (Å²) in [6, 6.07) is 8.22. The summed E-state index contributed by atoms with van der Waals surface area (Å²) in [6.07, 6.45) is 2.95. The number of aromatic nitrogens is 2. The maximum absolute atomic E-state index is 4.49. The predicted octanol–water partition coefficient (Wildman–Crippen LogP) is 2.61. The molecule has 1 heterocycles. The summed E-state index contributed by atoms with van der Waals surface area (Å²) in [5, 5.41) is 3.15. The van der Waals surface area contributed by atoms with E-state index in [1.807, 2.05) is 25.4 Å². The molecule has 0 saturated carbocycles. The molecular formula is C13H16BrN3. The van der Waals surface area contributed by atoms with E-state index in [0.29, 0.717) is 0 Å². The van der Waals surface area contributed by atoms with Gasteiger partial charge in [0.2, 0.25) is 0 Å². The summed E-state index contributed by atoms with van der Waals surface area (Å²) in [5.41, 5.74) is 2.38. The normalized spacial score (nSPS) is 10.8. The second kappa shape index (κ2) is 5.47. The van der Waals surface area contributed by atoms with Gasteiger partial charge in [-0.05, 0) is 19.2 Å². The fourth-order valence-electron chi connectivity index (χ4n) is 1.83. The molecule has 17 heavy (non-hydrogen) atoms. The molecule has 0 unspecified atom stereocenters. The molecule has 0 atom stereocenters. The summed E-state index contributed by atoms with van der Waals surface area (Å²) in [7, 11) is 4.03. The molecule has 2 rings (SSSR count). The molecule has 0 radical (unpaired) electrons. The largest absolute Gasteiger partial charge is 0.331 e. The van der Waals surface area contributed by atoms with Crippen molar-refractivity contribution in [1.82, 2.24) is 14.9 Å². The number of rotatable bonds is 4. The Bertz CT molecular complexity index is 505. The average Bonchev–Trinajstić information content (AvgIpc) is 2.68. The Hall–Kier alpha value is -1.13. The monoisotopic (exact) mass is 293 g/mol. The molecule has 1 aromatic heterocycles. The lowest BCUT2D eigenvalue weighted by atomic mass is 10.2. The average molecular weight is 294 g/mol. The Labute approximate surface area is 110 Å². The van der Waals surface area contributed by atoms with E-state index >= 15 is 0 Å². The number of halogens is 1. The van der Waals surface area contributed by atoms with Gasteiger partial charge in [0.25, 0.3) is 0 Å². The Morgan fingerprint density at radius 2 is 2.24 bits per heavy atom. The Kier molecular flexibility index (Phi) is 3.97. The predicted molar refractivity (Wildman–Crippen MR) is 74.0 cm³/mol. The van der Waals surface area contributed by atoms with E-state index in [9.17, 15) is 0 Å². The van der Waals surface area contributed by atoms with Crippen LogP contribution in [0.25, 0.3) is 11.4 Å². The minimum atomic E-state index is 0.970. The first-order chi connectivity index (χ1) is 8.22. The van der Waals surface area contributed by atoms with Crippen LogP contribution in [0.4, 0.5) is 0 Å². The van der Waals surface area contributed by atoms with Gasteiger partial charge in [0.1, 0.15) is 5.82 Å². The van der Waals surface area contributed by atoms with Gasteiger partial charge in [0, 0.05) is 41.9 Å². The van der Waals surface area contributed by atoms with Crippen molar-refractivity contribution >= 4 is 15.9 Å². The SMILES string of the molecule is CNCCc1cnc(-c2cccc(Br)c2)n1C. The first kappa shape index (κ1) is 12.3. The van der Waals surface area contributed by atoms with Gasteiger partial charge in [-0.15, -0.1) is 0 Å². The molecule has 0 aliphatic rings. The second-order valence-corrected chi connectivity index (χ2v) is 4.91. The standard InChI is InChI=1S/C13H16BrN3/c1-15-7-6-12-9-16-13(17(12)2)10-4-3-5-11(14)8-10/h3-5,8-9,15H,6-7H2,1-2H3. The van der Waals surface area contributed by atoms with Crippen LogP contribution < -0.4 is 5.32 Å². The molecule has 1 aromatic carbocycles. The minimum absolute atomic E-state index is 0.970. The number of imidazole rings is 1. The highest BCUT2D eigenvalue weighted by Gasteiger charge is 2.08. The molecule has 90 valence electrons. The van der Waals surface area contributed by atoms with Crippen molar-refractivity contribution < 1.29 is 0 Å². The van der Waals surface area contributed by atoms with E-state index in [1.165, 1.54) is 5.69 Å². The van der Waals surface area contributed by atoms with Crippen molar-refractivity contribution in [1.29, 1.82) is 0 Å². The number of nitrogens with one attached hydrogen (secondary N) is 1. The zero-order valence-corrected chi connectivity index (χ0v) is 11.7. The van der Waals surface area contributed by atoms with Crippen LogP contribution in [-0.2, 0) is 13.5 Å². The van der Waals surface area contributed by atoms with Crippen LogP contribution in [0.1, 0.15) is 5.69 Å². The fraction of sp³-hybridized carbons (Fsp3) is 0.308. The molecule has 0 saturated heterocycles. The molecule has 2 aromatic rings. The maximum atomic E-state index is 4.49. The van der Waals surface area contributed by atoms with E-state index < -0.39 is 0 Å². The van der Waals surface area contributed by atoms with Crippen LogP contribution in [0, 0.1) is 0 Å². The maximum Gasteiger partial charge on any atom is 0.139 e. The van der Waals surface area contributed by atoms with E-state index in [4.69, 9.17) is 0 Å².